The largest absolute Gasteiger partial charge is 0.337 e. The number of carbonyl (C=O) groups is 1. The third kappa shape index (κ3) is 4.71. The molecule has 2 rings (SSSR count). The van der Waals surface area contributed by atoms with Crippen LogP contribution in [0.1, 0.15) is 26.3 Å². The second-order valence-corrected chi connectivity index (χ2v) is 6.21. The number of allylic oxidation sites excluding steroid dienone is 1. The van der Waals surface area contributed by atoms with Gasteiger partial charge >= 0.3 is 0 Å². The first-order valence-electron chi connectivity index (χ1n) is 7.81. The quantitative estimate of drug-likeness (QED) is 0.795. The Morgan fingerprint density at radius 3 is 2.33 bits per heavy atom. The zero-order valence-corrected chi connectivity index (χ0v) is 13.4. The van der Waals surface area contributed by atoms with Crippen molar-refractivity contribution in [2.45, 2.75) is 20.8 Å². The summed E-state index contributed by atoms with van der Waals surface area (Å²) < 4.78 is 0. The van der Waals surface area contributed by atoms with E-state index in [-0.39, 0.29) is 5.91 Å². The molecule has 1 heterocycles. The Morgan fingerprint density at radius 2 is 1.76 bits per heavy atom. The maximum Gasteiger partial charge on any atom is 0.246 e. The summed E-state index contributed by atoms with van der Waals surface area (Å²) in [6.07, 6.45) is 1.77. The van der Waals surface area contributed by atoms with Gasteiger partial charge in [-0.05, 0) is 24.0 Å². The Labute approximate surface area is 128 Å². The fourth-order valence-electron chi connectivity index (χ4n) is 2.73. The lowest BCUT2D eigenvalue weighted by Crippen LogP contribution is -2.49. The molecule has 0 unspecified atom stereocenters. The van der Waals surface area contributed by atoms with Crippen molar-refractivity contribution in [2.75, 3.05) is 32.7 Å². The van der Waals surface area contributed by atoms with E-state index < -0.39 is 0 Å². The highest BCUT2D eigenvalue weighted by atomic mass is 16.2. The highest BCUT2D eigenvalue weighted by Gasteiger charge is 2.20. The fraction of sp³-hybridized carbons (Fsp3) is 0.500. The molecule has 0 aliphatic carbocycles. The van der Waals surface area contributed by atoms with Gasteiger partial charge in [0.05, 0.1) is 0 Å². The summed E-state index contributed by atoms with van der Waals surface area (Å²) in [4.78, 5) is 16.7. The van der Waals surface area contributed by atoms with Gasteiger partial charge in [0, 0.05) is 38.8 Å². The van der Waals surface area contributed by atoms with Crippen LogP contribution in [0.2, 0.25) is 0 Å². The molecule has 3 heteroatoms. The standard InChI is InChI=1S/C18H26N2O/c1-15(2)14-19-9-11-20(12-10-19)18(21)13-16(3)17-7-5-4-6-8-17/h4-8,13,15H,9-12,14H2,1-3H3/b16-13-. The van der Waals surface area contributed by atoms with Crippen LogP contribution < -0.4 is 0 Å². The van der Waals surface area contributed by atoms with Gasteiger partial charge in [-0.25, -0.2) is 0 Å². The van der Waals surface area contributed by atoms with Crippen LogP contribution in [-0.4, -0.2) is 48.4 Å². The highest BCUT2D eigenvalue weighted by molar-refractivity contribution is 5.94. The van der Waals surface area contributed by atoms with Crippen LogP contribution in [0.25, 0.3) is 5.57 Å². The second-order valence-electron chi connectivity index (χ2n) is 6.21. The Morgan fingerprint density at radius 1 is 1.14 bits per heavy atom. The van der Waals surface area contributed by atoms with E-state index in [2.05, 4.69) is 18.7 Å². The van der Waals surface area contributed by atoms with Gasteiger partial charge in [-0.15, -0.1) is 0 Å². The number of amides is 1. The monoisotopic (exact) mass is 286 g/mol. The molecule has 0 radical (unpaired) electrons. The average molecular weight is 286 g/mol. The van der Waals surface area contributed by atoms with E-state index in [1.165, 1.54) is 0 Å². The van der Waals surface area contributed by atoms with Crippen molar-refractivity contribution < 1.29 is 4.79 Å². The van der Waals surface area contributed by atoms with Gasteiger partial charge in [0.15, 0.2) is 0 Å². The maximum absolute atomic E-state index is 12.3. The number of piperazine rings is 1. The Bertz CT molecular complexity index is 485. The molecule has 1 aromatic rings. The summed E-state index contributed by atoms with van der Waals surface area (Å²) in [5.74, 6) is 0.827. The molecule has 0 aromatic heterocycles. The molecule has 0 spiro atoms. The van der Waals surface area contributed by atoms with Crippen molar-refractivity contribution >= 4 is 11.5 Å². The van der Waals surface area contributed by atoms with Gasteiger partial charge in [-0.1, -0.05) is 44.2 Å². The minimum atomic E-state index is 0.139. The van der Waals surface area contributed by atoms with Crippen molar-refractivity contribution in [3.05, 3.63) is 42.0 Å². The van der Waals surface area contributed by atoms with E-state index in [0.717, 1.165) is 43.9 Å². The molecule has 1 aliphatic heterocycles. The van der Waals surface area contributed by atoms with Crippen molar-refractivity contribution in [1.82, 2.24) is 9.80 Å². The molecular formula is C18H26N2O. The van der Waals surface area contributed by atoms with Gasteiger partial charge in [-0.2, -0.15) is 0 Å². The fourth-order valence-corrected chi connectivity index (χ4v) is 2.73. The van der Waals surface area contributed by atoms with Crippen LogP contribution in [0.4, 0.5) is 0 Å². The lowest BCUT2D eigenvalue weighted by Gasteiger charge is -2.35. The summed E-state index contributed by atoms with van der Waals surface area (Å²) >= 11 is 0. The molecule has 0 N–H and O–H groups in total. The number of benzene rings is 1. The van der Waals surface area contributed by atoms with Crippen LogP contribution in [0.5, 0.6) is 0 Å². The zero-order chi connectivity index (χ0) is 15.2. The number of hydrogen-bond acceptors (Lipinski definition) is 2. The van der Waals surface area contributed by atoms with Crippen LogP contribution in [0, 0.1) is 5.92 Å². The predicted octanol–water partition coefficient (Wildman–Crippen LogP) is 2.89. The molecule has 1 amide bonds. The first kappa shape index (κ1) is 15.8. The molecule has 3 nitrogen and oxygen atoms in total. The number of hydrogen-bond donors (Lipinski definition) is 0. The summed E-state index contributed by atoms with van der Waals surface area (Å²) in [5.41, 5.74) is 2.15. The maximum atomic E-state index is 12.3. The first-order chi connectivity index (χ1) is 10.1. The van der Waals surface area contributed by atoms with Gasteiger partial charge in [0.25, 0.3) is 0 Å². The Hall–Kier alpha value is -1.61. The summed E-state index contributed by atoms with van der Waals surface area (Å²) in [7, 11) is 0. The van der Waals surface area contributed by atoms with Crippen molar-refractivity contribution in [2.24, 2.45) is 5.92 Å². The lowest BCUT2D eigenvalue weighted by atomic mass is 10.1. The SMILES string of the molecule is C/C(=C/C(=O)N1CCN(CC(C)C)CC1)c1ccccc1. The summed E-state index contributed by atoms with van der Waals surface area (Å²) in [5, 5.41) is 0. The van der Waals surface area contributed by atoms with E-state index >= 15 is 0 Å². The average Bonchev–Trinajstić information content (AvgIpc) is 2.48. The first-order valence-corrected chi connectivity index (χ1v) is 7.81. The molecule has 1 aromatic carbocycles. The molecule has 114 valence electrons. The molecular weight excluding hydrogens is 260 g/mol. The molecule has 1 fully saturated rings. The molecule has 21 heavy (non-hydrogen) atoms. The number of carbonyl (C=O) groups excluding carboxylic acids is 1. The molecule has 1 aliphatic rings. The summed E-state index contributed by atoms with van der Waals surface area (Å²) in [6.45, 7) is 11.3. The number of nitrogens with zero attached hydrogens (tertiary/aromatic N) is 2. The molecule has 1 saturated heterocycles. The topological polar surface area (TPSA) is 23.6 Å². The minimum Gasteiger partial charge on any atom is -0.337 e. The van der Waals surface area contributed by atoms with Crippen molar-refractivity contribution in [1.29, 1.82) is 0 Å². The van der Waals surface area contributed by atoms with E-state index in [4.69, 9.17) is 0 Å². The van der Waals surface area contributed by atoms with Crippen LogP contribution in [-0.2, 0) is 4.79 Å². The predicted molar refractivity (Wildman–Crippen MR) is 88.0 cm³/mol. The van der Waals surface area contributed by atoms with Gasteiger partial charge < -0.3 is 4.90 Å². The zero-order valence-electron chi connectivity index (χ0n) is 13.4. The van der Waals surface area contributed by atoms with E-state index in [1.54, 1.807) is 6.08 Å². The van der Waals surface area contributed by atoms with Gasteiger partial charge in [0.1, 0.15) is 0 Å². The van der Waals surface area contributed by atoms with E-state index in [0.29, 0.717) is 5.92 Å². The van der Waals surface area contributed by atoms with Gasteiger partial charge in [0.2, 0.25) is 5.91 Å². The number of rotatable bonds is 4. The molecule has 0 atom stereocenters. The second kappa shape index (κ2) is 7.41. The van der Waals surface area contributed by atoms with Crippen molar-refractivity contribution in [3.63, 3.8) is 0 Å². The van der Waals surface area contributed by atoms with Gasteiger partial charge in [-0.3, -0.25) is 9.69 Å². The third-order valence-electron chi connectivity index (χ3n) is 3.88. The Kier molecular flexibility index (Phi) is 5.57. The third-order valence-corrected chi connectivity index (χ3v) is 3.88. The molecule has 0 saturated carbocycles. The summed E-state index contributed by atoms with van der Waals surface area (Å²) in [6, 6.07) is 10.1. The highest BCUT2D eigenvalue weighted by Crippen LogP contribution is 2.14. The van der Waals surface area contributed by atoms with E-state index in [1.807, 2.05) is 42.2 Å². The van der Waals surface area contributed by atoms with Crippen molar-refractivity contribution in [3.8, 4) is 0 Å². The van der Waals surface area contributed by atoms with Crippen LogP contribution in [0.3, 0.4) is 0 Å². The molecule has 0 bridgehead atoms. The Balaban J connectivity index is 1.90. The normalized spacial score (nSPS) is 17.3. The minimum absolute atomic E-state index is 0.139. The van der Waals surface area contributed by atoms with Crippen LogP contribution >= 0.6 is 0 Å². The van der Waals surface area contributed by atoms with E-state index in [9.17, 15) is 4.79 Å². The van der Waals surface area contributed by atoms with Crippen LogP contribution in [0.15, 0.2) is 36.4 Å². The lowest BCUT2D eigenvalue weighted by molar-refractivity contribution is -0.127. The smallest absolute Gasteiger partial charge is 0.246 e.